The lowest BCUT2D eigenvalue weighted by molar-refractivity contribution is 0.0972. The molecule has 1 aromatic carbocycles. The highest BCUT2D eigenvalue weighted by atomic mass is 19.1. The number of hydrogen-bond donors (Lipinski definition) is 1. The van der Waals surface area contributed by atoms with Crippen molar-refractivity contribution in [3.8, 4) is 5.75 Å². The van der Waals surface area contributed by atoms with Crippen molar-refractivity contribution in [1.82, 2.24) is 0 Å². The second-order valence-electron chi connectivity index (χ2n) is 3.57. The van der Waals surface area contributed by atoms with Gasteiger partial charge in [-0.15, -0.1) is 0 Å². The maximum absolute atomic E-state index is 13.4. The molecule has 1 aromatic rings. The van der Waals surface area contributed by atoms with Crippen molar-refractivity contribution in [2.45, 2.75) is 19.4 Å². The molecule has 0 aliphatic carbocycles. The number of ketones is 1. The van der Waals surface area contributed by atoms with E-state index >= 15 is 0 Å². The summed E-state index contributed by atoms with van der Waals surface area (Å²) in [5, 5.41) is 0. The predicted molar refractivity (Wildman–Crippen MR) is 55.5 cm³/mol. The van der Waals surface area contributed by atoms with E-state index in [9.17, 15) is 13.6 Å². The largest absolute Gasteiger partial charge is 0.494 e. The average Bonchev–Trinajstić information content (AvgIpc) is 2.19. The highest BCUT2D eigenvalue weighted by molar-refractivity contribution is 5.96. The lowest BCUT2D eigenvalue weighted by Gasteiger charge is -2.07. The first-order valence-corrected chi connectivity index (χ1v) is 4.77. The SMILES string of the molecule is COc1cc(F)c(C(=O)CC(C)N)cc1F. The third-order valence-corrected chi connectivity index (χ3v) is 2.05. The first kappa shape index (κ1) is 12.6. The summed E-state index contributed by atoms with van der Waals surface area (Å²) in [5.41, 5.74) is 5.12. The van der Waals surface area contributed by atoms with Crippen molar-refractivity contribution < 1.29 is 18.3 Å². The van der Waals surface area contributed by atoms with Crippen LogP contribution in [-0.2, 0) is 0 Å². The Bertz CT molecular complexity index is 405. The molecule has 1 rings (SSSR count). The van der Waals surface area contributed by atoms with Crippen LogP contribution in [-0.4, -0.2) is 18.9 Å². The predicted octanol–water partition coefficient (Wildman–Crippen LogP) is 1.89. The smallest absolute Gasteiger partial charge is 0.167 e. The summed E-state index contributed by atoms with van der Waals surface area (Å²) in [4.78, 5) is 11.5. The van der Waals surface area contributed by atoms with Crippen molar-refractivity contribution in [2.75, 3.05) is 7.11 Å². The molecule has 0 saturated heterocycles. The highest BCUT2D eigenvalue weighted by Crippen LogP contribution is 2.22. The lowest BCUT2D eigenvalue weighted by Crippen LogP contribution is -2.20. The van der Waals surface area contributed by atoms with Gasteiger partial charge in [-0.05, 0) is 13.0 Å². The maximum atomic E-state index is 13.4. The Kier molecular flexibility index (Phi) is 3.95. The first-order valence-electron chi connectivity index (χ1n) is 4.77. The molecule has 0 fully saturated rings. The normalized spacial score (nSPS) is 12.3. The molecule has 0 spiro atoms. The minimum absolute atomic E-state index is 0.0251. The molecule has 1 atom stereocenters. The molecular formula is C11H13F2NO2. The van der Waals surface area contributed by atoms with Crippen molar-refractivity contribution in [3.05, 3.63) is 29.3 Å². The molecule has 0 bridgehead atoms. The number of rotatable bonds is 4. The number of benzene rings is 1. The van der Waals surface area contributed by atoms with Crippen LogP contribution in [0.15, 0.2) is 12.1 Å². The number of carbonyl (C=O) groups excluding carboxylic acids is 1. The van der Waals surface area contributed by atoms with Gasteiger partial charge in [0.1, 0.15) is 5.82 Å². The zero-order chi connectivity index (χ0) is 12.3. The van der Waals surface area contributed by atoms with Crippen LogP contribution in [0.3, 0.4) is 0 Å². The van der Waals surface area contributed by atoms with E-state index < -0.39 is 23.5 Å². The molecule has 0 aliphatic heterocycles. The summed E-state index contributed by atoms with van der Waals surface area (Å²) in [6.45, 7) is 1.62. The van der Waals surface area contributed by atoms with Gasteiger partial charge in [0.25, 0.3) is 0 Å². The molecule has 2 N–H and O–H groups in total. The number of Topliss-reactive ketones (excluding diaryl/α,β-unsaturated/α-hetero) is 1. The van der Waals surface area contributed by atoms with E-state index in [0.717, 1.165) is 12.1 Å². The maximum Gasteiger partial charge on any atom is 0.167 e. The fourth-order valence-corrected chi connectivity index (χ4v) is 1.30. The van der Waals surface area contributed by atoms with Gasteiger partial charge in [-0.1, -0.05) is 0 Å². The second-order valence-corrected chi connectivity index (χ2v) is 3.57. The quantitative estimate of drug-likeness (QED) is 0.802. The van der Waals surface area contributed by atoms with E-state index in [2.05, 4.69) is 4.74 Å². The summed E-state index contributed by atoms with van der Waals surface area (Å²) in [5.74, 6) is -2.32. The van der Waals surface area contributed by atoms with Gasteiger partial charge in [0, 0.05) is 18.5 Å². The van der Waals surface area contributed by atoms with E-state index in [1.807, 2.05) is 0 Å². The standard InChI is InChI=1S/C11H13F2NO2/c1-6(14)3-10(15)7-4-9(13)11(16-2)5-8(7)12/h4-6H,3,14H2,1-2H3. The molecule has 88 valence electrons. The van der Waals surface area contributed by atoms with E-state index in [0.29, 0.717) is 0 Å². The van der Waals surface area contributed by atoms with Gasteiger partial charge in [-0.25, -0.2) is 8.78 Å². The number of carbonyl (C=O) groups is 1. The molecule has 0 saturated carbocycles. The van der Waals surface area contributed by atoms with Crippen molar-refractivity contribution in [1.29, 1.82) is 0 Å². The number of nitrogens with two attached hydrogens (primary N) is 1. The third-order valence-electron chi connectivity index (χ3n) is 2.05. The van der Waals surface area contributed by atoms with Gasteiger partial charge < -0.3 is 10.5 Å². The monoisotopic (exact) mass is 229 g/mol. The zero-order valence-electron chi connectivity index (χ0n) is 9.09. The Morgan fingerprint density at radius 2 is 2.06 bits per heavy atom. The minimum atomic E-state index is -0.802. The van der Waals surface area contributed by atoms with Crippen LogP contribution in [0.5, 0.6) is 5.75 Å². The van der Waals surface area contributed by atoms with Gasteiger partial charge >= 0.3 is 0 Å². The van der Waals surface area contributed by atoms with E-state index in [4.69, 9.17) is 5.73 Å². The molecule has 0 aromatic heterocycles. The summed E-state index contributed by atoms with van der Waals surface area (Å²) in [6.07, 6.45) is -0.0251. The summed E-state index contributed by atoms with van der Waals surface area (Å²) in [7, 11) is 1.22. The Morgan fingerprint density at radius 1 is 1.44 bits per heavy atom. The fraction of sp³-hybridized carbons (Fsp3) is 0.364. The molecule has 0 amide bonds. The van der Waals surface area contributed by atoms with Crippen LogP contribution in [0.4, 0.5) is 8.78 Å². The van der Waals surface area contributed by atoms with E-state index in [1.165, 1.54) is 7.11 Å². The van der Waals surface area contributed by atoms with Crippen molar-refractivity contribution in [2.24, 2.45) is 5.73 Å². The summed E-state index contributed by atoms with van der Waals surface area (Å²) < 4.78 is 31.3. The van der Waals surface area contributed by atoms with Crippen LogP contribution in [0.25, 0.3) is 0 Å². The number of halogens is 2. The molecule has 5 heteroatoms. The zero-order valence-corrected chi connectivity index (χ0v) is 9.09. The fourth-order valence-electron chi connectivity index (χ4n) is 1.30. The van der Waals surface area contributed by atoms with E-state index in [-0.39, 0.29) is 17.7 Å². The van der Waals surface area contributed by atoms with Gasteiger partial charge in [-0.2, -0.15) is 0 Å². The average molecular weight is 229 g/mol. The molecule has 0 heterocycles. The number of methoxy groups -OCH3 is 1. The lowest BCUT2D eigenvalue weighted by atomic mass is 10.0. The molecule has 0 aliphatic rings. The summed E-state index contributed by atoms with van der Waals surface area (Å²) in [6, 6.07) is 1.29. The first-order chi connectivity index (χ1) is 7.45. The number of ether oxygens (including phenoxy) is 1. The van der Waals surface area contributed by atoms with Crippen LogP contribution >= 0.6 is 0 Å². The van der Waals surface area contributed by atoms with Gasteiger partial charge in [0.05, 0.1) is 12.7 Å². The number of hydrogen-bond acceptors (Lipinski definition) is 3. The van der Waals surface area contributed by atoms with Crippen LogP contribution in [0, 0.1) is 11.6 Å². The van der Waals surface area contributed by atoms with Crippen LogP contribution in [0.1, 0.15) is 23.7 Å². The van der Waals surface area contributed by atoms with Crippen LogP contribution in [0.2, 0.25) is 0 Å². The Balaban J connectivity index is 3.06. The van der Waals surface area contributed by atoms with Gasteiger partial charge in [-0.3, -0.25) is 4.79 Å². The molecular weight excluding hydrogens is 216 g/mol. The molecule has 3 nitrogen and oxygen atoms in total. The van der Waals surface area contributed by atoms with Gasteiger partial charge in [0.2, 0.25) is 0 Å². The van der Waals surface area contributed by atoms with E-state index in [1.54, 1.807) is 6.92 Å². The Labute approximate surface area is 92.2 Å². The molecule has 1 unspecified atom stereocenters. The second kappa shape index (κ2) is 5.03. The van der Waals surface area contributed by atoms with Crippen molar-refractivity contribution >= 4 is 5.78 Å². The third kappa shape index (κ3) is 2.76. The molecule has 0 radical (unpaired) electrons. The topological polar surface area (TPSA) is 52.3 Å². The van der Waals surface area contributed by atoms with Crippen molar-refractivity contribution in [3.63, 3.8) is 0 Å². The Hall–Kier alpha value is -1.49. The summed E-state index contributed by atoms with van der Waals surface area (Å²) >= 11 is 0. The molecule has 16 heavy (non-hydrogen) atoms. The van der Waals surface area contributed by atoms with Crippen LogP contribution < -0.4 is 10.5 Å². The Morgan fingerprint density at radius 3 is 2.56 bits per heavy atom. The highest BCUT2D eigenvalue weighted by Gasteiger charge is 2.17. The van der Waals surface area contributed by atoms with Gasteiger partial charge in [0.15, 0.2) is 17.3 Å². The minimum Gasteiger partial charge on any atom is -0.494 e.